The maximum absolute atomic E-state index is 14.0. The average Bonchev–Trinajstić information content (AvgIpc) is 2.94. The molecule has 0 unspecified atom stereocenters. The van der Waals surface area contributed by atoms with E-state index in [9.17, 15) is 32.7 Å². The zero-order chi connectivity index (χ0) is 33.8. The summed E-state index contributed by atoms with van der Waals surface area (Å²) in [6.07, 6.45) is 4.23. The van der Waals surface area contributed by atoms with Crippen LogP contribution in [0.3, 0.4) is 0 Å². The maximum Gasteiger partial charge on any atom is 0.416 e. The lowest BCUT2D eigenvalue weighted by Gasteiger charge is -2.31. The number of carboxylic acid groups (broad SMARTS) is 1. The van der Waals surface area contributed by atoms with Crippen LogP contribution in [0.15, 0.2) is 47.5 Å². The Morgan fingerprint density at radius 3 is 2.37 bits per heavy atom. The molecule has 2 aromatic heterocycles. The van der Waals surface area contributed by atoms with Crippen molar-refractivity contribution in [3.8, 4) is 23.5 Å². The van der Waals surface area contributed by atoms with Gasteiger partial charge in [-0.1, -0.05) is 32.0 Å². The lowest BCUT2D eigenvalue weighted by Crippen LogP contribution is -2.41. The molecule has 0 aliphatic carbocycles. The van der Waals surface area contributed by atoms with Crippen molar-refractivity contribution in [2.45, 2.75) is 71.6 Å². The first kappa shape index (κ1) is 34.4. The zero-order valence-electron chi connectivity index (χ0n) is 26.4. The van der Waals surface area contributed by atoms with Gasteiger partial charge in [0.1, 0.15) is 11.7 Å². The highest BCUT2D eigenvalue weighted by Gasteiger charge is 2.36. The summed E-state index contributed by atoms with van der Waals surface area (Å²) in [5.41, 5.74) is 1.97. The third kappa shape index (κ3) is 8.04. The number of aromatic nitrogens is 2. The molecule has 0 spiro atoms. The minimum atomic E-state index is -4.74. The van der Waals surface area contributed by atoms with Gasteiger partial charge >= 0.3 is 12.1 Å². The molecule has 2 N–H and O–H groups in total. The summed E-state index contributed by atoms with van der Waals surface area (Å²) in [5.74, 6) is 0.564. The number of carbonyl (C=O) groups is 2. The van der Waals surface area contributed by atoms with Crippen molar-refractivity contribution < 1.29 is 27.9 Å². The van der Waals surface area contributed by atoms with Crippen LogP contribution in [0.2, 0.25) is 0 Å². The second kappa shape index (κ2) is 14.3. The van der Waals surface area contributed by atoms with Crippen LogP contribution >= 0.6 is 0 Å². The molecule has 1 aliphatic heterocycles. The number of terminal acetylenes is 1. The predicted octanol–water partition coefficient (Wildman–Crippen LogP) is 5.69. The third-order valence-electron chi connectivity index (χ3n) is 8.34. The summed E-state index contributed by atoms with van der Waals surface area (Å²) in [6, 6.07) is 5.75. The number of hydrogen-bond donors (Lipinski definition) is 2. The first-order chi connectivity index (χ1) is 21.7. The summed E-state index contributed by atoms with van der Waals surface area (Å²) in [5, 5.41) is 12.6. The van der Waals surface area contributed by atoms with Crippen molar-refractivity contribution in [2.24, 2.45) is 5.92 Å². The van der Waals surface area contributed by atoms with E-state index in [1.54, 1.807) is 6.07 Å². The predicted molar refractivity (Wildman–Crippen MR) is 169 cm³/mol. The number of rotatable bonds is 12. The molecule has 1 aromatic carbocycles. The highest BCUT2D eigenvalue weighted by molar-refractivity contribution is 5.82. The standard InChI is InChI=1S/C35H39F3N4O4/c1-6-28-26(33-22(4)9-7-10-23(33)5)16-25(19-39-28)29(18-32(44)45)40-34(46)30(15-21(2)3)42-20-24(11-14-41-12-8-13-41)27(17-31(42)43)35(36,37)38/h1,7,9-10,16-17,19-21,29-30H,8,11-15,18H2,2-5H3,(H,40,46)(H,44,45)/t29-,30+/m1/s1. The van der Waals surface area contributed by atoms with Crippen molar-refractivity contribution in [3.05, 3.63) is 86.6 Å². The second-order valence-corrected chi connectivity index (χ2v) is 12.3. The minimum absolute atomic E-state index is 0.0566. The molecule has 244 valence electrons. The van der Waals surface area contributed by atoms with E-state index >= 15 is 0 Å². The number of aliphatic carboxylic acids is 1. The molecule has 2 atom stereocenters. The van der Waals surface area contributed by atoms with Crippen molar-refractivity contribution >= 4 is 11.9 Å². The summed E-state index contributed by atoms with van der Waals surface area (Å²) in [7, 11) is 0. The number of carboxylic acids is 1. The van der Waals surface area contributed by atoms with Crippen LogP contribution in [-0.4, -0.2) is 51.1 Å². The second-order valence-electron chi connectivity index (χ2n) is 12.3. The van der Waals surface area contributed by atoms with Crippen LogP contribution in [0.25, 0.3) is 11.1 Å². The number of halogens is 3. The third-order valence-corrected chi connectivity index (χ3v) is 8.34. The summed E-state index contributed by atoms with van der Waals surface area (Å²) in [4.78, 5) is 45.6. The number of alkyl halides is 3. The van der Waals surface area contributed by atoms with Crippen molar-refractivity contribution in [1.82, 2.24) is 19.8 Å². The van der Waals surface area contributed by atoms with E-state index in [0.717, 1.165) is 47.0 Å². The molecule has 46 heavy (non-hydrogen) atoms. The molecule has 0 radical (unpaired) electrons. The first-order valence-electron chi connectivity index (χ1n) is 15.3. The monoisotopic (exact) mass is 636 g/mol. The quantitative estimate of drug-likeness (QED) is 0.248. The molecule has 1 amide bonds. The minimum Gasteiger partial charge on any atom is -0.481 e. The molecular formula is C35H39F3N4O4. The van der Waals surface area contributed by atoms with E-state index in [-0.39, 0.29) is 24.3 Å². The van der Waals surface area contributed by atoms with Gasteiger partial charge in [0.2, 0.25) is 5.91 Å². The molecule has 0 saturated carbocycles. The van der Waals surface area contributed by atoms with Gasteiger partial charge in [-0.05, 0) is 91.9 Å². The number of likely N-dealkylation sites (tertiary alicyclic amines) is 1. The van der Waals surface area contributed by atoms with Crippen molar-refractivity contribution in [3.63, 3.8) is 0 Å². The fourth-order valence-corrected chi connectivity index (χ4v) is 5.89. The number of benzene rings is 1. The van der Waals surface area contributed by atoms with Crippen molar-refractivity contribution in [1.29, 1.82) is 0 Å². The van der Waals surface area contributed by atoms with Gasteiger partial charge < -0.3 is 19.9 Å². The smallest absolute Gasteiger partial charge is 0.416 e. The van der Waals surface area contributed by atoms with Gasteiger partial charge in [-0.15, -0.1) is 6.42 Å². The lowest BCUT2D eigenvalue weighted by molar-refractivity contribution is -0.139. The molecule has 1 aliphatic rings. The van der Waals surface area contributed by atoms with Gasteiger partial charge in [-0.3, -0.25) is 14.4 Å². The topological polar surface area (TPSA) is 105 Å². The Bertz CT molecular complexity index is 1680. The number of aryl methyl sites for hydroxylation is 2. The Balaban J connectivity index is 1.75. The van der Waals surface area contributed by atoms with Gasteiger partial charge in [0.25, 0.3) is 5.56 Å². The average molecular weight is 637 g/mol. The maximum atomic E-state index is 14.0. The van der Waals surface area contributed by atoms with Crippen LogP contribution in [-0.2, 0) is 22.2 Å². The fraction of sp³-hybridized carbons (Fsp3) is 0.429. The van der Waals surface area contributed by atoms with Gasteiger partial charge in [-0.2, -0.15) is 13.2 Å². The summed E-state index contributed by atoms with van der Waals surface area (Å²) >= 11 is 0. The highest BCUT2D eigenvalue weighted by Crippen LogP contribution is 2.34. The van der Waals surface area contributed by atoms with Gasteiger partial charge in [0, 0.05) is 30.6 Å². The first-order valence-corrected chi connectivity index (χ1v) is 15.3. The fourth-order valence-electron chi connectivity index (χ4n) is 5.89. The van der Waals surface area contributed by atoms with Gasteiger partial charge in [0.05, 0.1) is 18.0 Å². The van der Waals surface area contributed by atoms with E-state index in [4.69, 9.17) is 6.42 Å². The zero-order valence-corrected chi connectivity index (χ0v) is 26.4. The summed E-state index contributed by atoms with van der Waals surface area (Å²) in [6.45, 7) is 9.48. The number of carbonyl (C=O) groups excluding carboxylic acids is 1. The van der Waals surface area contributed by atoms with Crippen LogP contribution in [0.4, 0.5) is 13.2 Å². The Labute approximate surface area is 266 Å². The van der Waals surface area contributed by atoms with Gasteiger partial charge in [-0.25, -0.2) is 4.98 Å². The Kier molecular flexibility index (Phi) is 10.7. The summed E-state index contributed by atoms with van der Waals surface area (Å²) < 4.78 is 43.0. The molecule has 4 rings (SSSR count). The Hall–Kier alpha value is -4.43. The molecule has 3 heterocycles. The molecule has 1 saturated heterocycles. The molecule has 3 aromatic rings. The van der Waals surface area contributed by atoms with Crippen LogP contribution in [0.1, 0.15) is 78.7 Å². The normalized spacial score (nSPS) is 14.8. The van der Waals surface area contributed by atoms with E-state index in [2.05, 4.69) is 16.2 Å². The van der Waals surface area contributed by atoms with E-state index in [1.165, 1.54) is 6.20 Å². The van der Waals surface area contributed by atoms with E-state index in [1.807, 2.05) is 50.8 Å². The SMILES string of the molecule is C#Cc1ncc([C@@H](CC(=O)O)NC(=O)[C@H](CC(C)C)n2cc(CCN3CCC3)c(C(F)(F)F)cc2=O)cc1-c1c(C)cccc1C. The van der Waals surface area contributed by atoms with Crippen LogP contribution in [0.5, 0.6) is 0 Å². The van der Waals surface area contributed by atoms with Crippen LogP contribution in [0, 0.1) is 32.1 Å². The Morgan fingerprint density at radius 2 is 1.83 bits per heavy atom. The van der Waals surface area contributed by atoms with Gasteiger partial charge in [0.15, 0.2) is 0 Å². The number of amides is 1. The highest BCUT2D eigenvalue weighted by atomic mass is 19.4. The number of nitrogens with zero attached hydrogens (tertiary/aromatic N) is 3. The lowest BCUT2D eigenvalue weighted by atomic mass is 9.92. The van der Waals surface area contributed by atoms with Crippen LogP contribution < -0.4 is 10.9 Å². The van der Waals surface area contributed by atoms with E-state index in [0.29, 0.717) is 29.4 Å². The molecule has 8 nitrogen and oxygen atoms in total. The molecule has 1 fully saturated rings. The molecular weight excluding hydrogens is 597 g/mol. The number of pyridine rings is 2. The molecule has 0 bridgehead atoms. The van der Waals surface area contributed by atoms with E-state index < -0.39 is 47.7 Å². The number of hydrogen-bond acceptors (Lipinski definition) is 5. The number of nitrogens with one attached hydrogen (secondary N) is 1. The van der Waals surface area contributed by atoms with Crippen molar-refractivity contribution in [2.75, 3.05) is 19.6 Å². The molecule has 11 heteroatoms. The Morgan fingerprint density at radius 1 is 1.15 bits per heavy atom. The largest absolute Gasteiger partial charge is 0.481 e.